The van der Waals surface area contributed by atoms with Gasteiger partial charge in [0.25, 0.3) is 0 Å². The number of aryl methyl sites for hydroxylation is 1. The molecule has 0 aliphatic carbocycles. The molecule has 31 heavy (non-hydrogen) atoms. The molecule has 1 aromatic carbocycles. The largest absolute Gasteiger partial charge is 0.298 e. The Morgan fingerprint density at radius 1 is 1.03 bits per heavy atom. The van der Waals surface area contributed by atoms with Crippen LogP contribution in [0.25, 0.3) is 16.8 Å². The maximum Gasteiger partial charge on any atom is 0.163 e. The van der Waals surface area contributed by atoms with Crippen LogP contribution in [0.1, 0.15) is 35.7 Å². The molecular formula is C24H23Cl2N5. The van der Waals surface area contributed by atoms with Crippen molar-refractivity contribution >= 4 is 28.8 Å². The molecule has 1 atom stereocenters. The van der Waals surface area contributed by atoms with E-state index in [4.69, 9.17) is 28.3 Å². The first-order valence-corrected chi connectivity index (χ1v) is 11.3. The molecule has 0 spiro atoms. The van der Waals surface area contributed by atoms with Gasteiger partial charge in [-0.25, -0.2) is 9.50 Å². The van der Waals surface area contributed by atoms with Gasteiger partial charge in [0, 0.05) is 43.2 Å². The van der Waals surface area contributed by atoms with E-state index < -0.39 is 0 Å². The van der Waals surface area contributed by atoms with Crippen LogP contribution >= 0.6 is 23.2 Å². The Labute approximate surface area is 191 Å². The lowest BCUT2D eigenvalue weighted by Crippen LogP contribution is -2.34. The molecule has 0 amide bonds. The summed E-state index contributed by atoms with van der Waals surface area (Å²) in [6.45, 7) is 4.96. The Morgan fingerprint density at radius 3 is 2.68 bits per heavy atom. The fraction of sp³-hybridized carbons (Fsp3) is 0.292. The third-order valence-corrected chi connectivity index (χ3v) is 6.74. The number of piperidine rings is 1. The van der Waals surface area contributed by atoms with E-state index in [0.29, 0.717) is 16.0 Å². The number of fused-ring (bicyclic) bond motifs is 1. The van der Waals surface area contributed by atoms with Crippen LogP contribution in [0.4, 0.5) is 0 Å². The van der Waals surface area contributed by atoms with Gasteiger partial charge in [0.2, 0.25) is 0 Å². The summed E-state index contributed by atoms with van der Waals surface area (Å²) in [5.41, 5.74) is 6.46. The quantitative estimate of drug-likeness (QED) is 0.394. The van der Waals surface area contributed by atoms with Crippen LogP contribution in [0.3, 0.4) is 0 Å². The van der Waals surface area contributed by atoms with Crippen LogP contribution in [-0.4, -0.2) is 37.6 Å². The van der Waals surface area contributed by atoms with Gasteiger partial charge in [-0.2, -0.15) is 5.10 Å². The highest BCUT2D eigenvalue weighted by Gasteiger charge is 2.25. The first-order valence-electron chi connectivity index (χ1n) is 10.5. The zero-order valence-electron chi connectivity index (χ0n) is 17.3. The van der Waals surface area contributed by atoms with E-state index in [-0.39, 0.29) is 0 Å². The summed E-state index contributed by atoms with van der Waals surface area (Å²) in [4.78, 5) is 11.3. The minimum absolute atomic E-state index is 0.395. The standard InChI is InChI=1S/C24H23Cl2N5/c1-16-23(18-6-9-27-10-7-18)24-28-11-8-22(31(24)29-16)19-3-2-12-30(15-19)14-17-4-5-20(25)21(26)13-17/h4-11,13,19H,2-3,12,14-15H2,1H3. The molecule has 5 nitrogen and oxygen atoms in total. The first kappa shape index (κ1) is 20.4. The van der Waals surface area contributed by atoms with E-state index in [1.54, 1.807) is 0 Å². The number of hydrogen-bond acceptors (Lipinski definition) is 4. The molecule has 1 unspecified atom stereocenters. The van der Waals surface area contributed by atoms with E-state index >= 15 is 0 Å². The zero-order chi connectivity index (χ0) is 21.4. The number of nitrogens with zero attached hydrogens (tertiary/aromatic N) is 5. The number of pyridine rings is 1. The SMILES string of the molecule is Cc1nn2c(C3CCCN(Cc4ccc(Cl)c(Cl)c4)C3)ccnc2c1-c1ccncc1. The van der Waals surface area contributed by atoms with E-state index in [1.165, 1.54) is 11.3 Å². The number of hydrogen-bond donors (Lipinski definition) is 0. The van der Waals surface area contributed by atoms with Crippen LogP contribution in [0.15, 0.2) is 55.0 Å². The van der Waals surface area contributed by atoms with Gasteiger partial charge in [-0.15, -0.1) is 0 Å². The molecule has 1 fully saturated rings. The van der Waals surface area contributed by atoms with Crippen molar-refractivity contribution in [1.29, 1.82) is 0 Å². The molecule has 4 heterocycles. The maximum absolute atomic E-state index is 6.22. The van der Waals surface area contributed by atoms with Crippen molar-refractivity contribution in [2.75, 3.05) is 13.1 Å². The monoisotopic (exact) mass is 451 g/mol. The van der Waals surface area contributed by atoms with E-state index in [0.717, 1.165) is 54.9 Å². The highest BCUT2D eigenvalue weighted by Crippen LogP contribution is 2.32. The average Bonchev–Trinajstić information content (AvgIpc) is 3.13. The molecule has 1 aliphatic heterocycles. The smallest absolute Gasteiger partial charge is 0.163 e. The van der Waals surface area contributed by atoms with E-state index in [2.05, 4.69) is 27.0 Å². The lowest BCUT2D eigenvalue weighted by Gasteiger charge is -2.33. The predicted octanol–water partition coefficient (Wildman–Crippen LogP) is 5.79. The summed E-state index contributed by atoms with van der Waals surface area (Å²) in [6.07, 6.45) is 7.82. The summed E-state index contributed by atoms with van der Waals surface area (Å²) in [5, 5.41) is 6.09. The Hall–Kier alpha value is -2.47. The third-order valence-electron chi connectivity index (χ3n) is 6.01. The van der Waals surface area contributed by atoms with Crippen LogP contribution in [-0.2, 0) is 6.54 Å². The van der Waals surface area contributed by atoms with Crippen molar-refractivity contribution in [2.45, 2.75) is 32.2 Å². The highest BCUT2D eigenvalue weighted by atomic mass is 35.5. The third kappa shape index (κ3) is 4.05. The highest BCUT2D eigenvalue weighted by molar-refractivity contribution is 6.42. The Balaban J connectivity index is 1.44. The molecule has 4 aromatic rings. The summed E-state index contributed by atoms with van der Waals surface area (Å²) < 4.78 is 2.04. The lowest BCUT2D eigenvalue weighted by atomic mass is 9.94. The zero-order valence-corrected chi connectivity index (χ0v) is 18.8. The molecule has 7 heteroatoms. The van der Waals surface area contributed by atoms with Crippen molar-refractivity contribution in [2.24, 2.45) is 0 Å². The van der Waals surface area contributed by atoms with Crippen LogP contribution < -0.4 is 0 Å². The number of aromatic nitrogens is 4. The van der Waals surface area contributed by atoms with E-state index in [9.17, 15) is 0 Å². The molecule has 5 rings (SSSR count). The van der Waals surface area contributed by atoms with Crippen LogP contribution in [0.5, 0.6) is 0 Å². The lowest BCUT2D eigenvalue weighted by molar-refractivity contribution is 0.197. The molecule has 0 bridgehead atoms. The number of rotatable bonds is 4. The number of halogens is 2. The van der Waals surface area contributed by atoms with Gasteiger partial charge in [0.05, 0.1) is 21.4 Å². The van der Waals surface area contributed by atoms with Crippen molar-refractivity contribution in [3.63, 3.8) is 0 Å². The normalized spacial score (nSPS) is 17.3. The second-order valence-electron chi connectivity index (χ2n) is 8.12. The van der Waals surface area contributed by atoms with Gasteiger partial charge in [-0.1, -0.05) is 29.3 Å². The predicted molar refractivity (Wildman–Crippen MR) is 125 cm³/mol. The van der Waals surface area contributed by atoms with Crippen LogP contribution in [0.2, 0.25) is 10.0 Å². The van der Waals surface area contributed by atoms with Crippen molar-refractivity contribution in [1.82, 2.24) is 24.5 Å². The summed E-state index contributed by atoms with van der Waals surface area (Å²) in [7, 11) is 0. The Kier molecular flexibility index (Phi) is 5.65. The first-order chi connectivity index (χ1) is 15.1. The van der Waals surface area contributed by atoms with Gasteiger partial charge in [0.15, 0.2) is 5.65 Å². The Morgan fingerprint density at radius 2 is 1.87 bits per heavy atom. The molecule has 0 N–H and O–H groups in total. The molecule has 158 valence electrons. The van der Waals surface area contributed by atoms with Gasteiger partial charge >= 0.3 is 0 Å². The maximum atomic E-state index is 6.22. The van der Waals surface area contributed by atoms with Crippen molar-refractivity contribution in [3.8, 4) is 11.1 Å². The van der Waals surface area contributed by atoms with Gasteiger partial charge < -0.3 is 0 Å². The molecule has 0 saturated carbocycles. The second kappa shape index (κ2) is 8.58. The fourth-order valence-corrected chi connectivity index (χ4v) is 4.89. The van der Waals surface area contributed by atoms with Gasteiger partial charge in [0.1, 0.15) is 0 Å². The molecule has 3 aromatic heterocycles. The van der Waals surface area contributed by atoms with E-state index in [1.807, 2.05) is 54.3 Å². The molecular weight excluding hydrogens is 429 g/mol. The average molecular weight is 452 g/mol. The molecule has 1 aliphatic rings. The minimum atomic E-state index is 0.395. The van der Waals surface area contributed by atoms with Gasteiger partial charge in [-0.05, 0) is 67.8 Å². The fourth-order valence-electron chi connectivity index (χ4n) is 4.57. The Bertz CT molecular complexity index is 1220. The molecule has 0 radical (unpaired) electrons. The topological polar surface area (TPSA) is 46.3 Å². The summed E-state index contributed by atoms with van der Waals surface area (Å²) in [6, 6.07) is 12.0. The summed E-state index contributed by atoms with van der Waals surface area (Å²) in [5.74, 6) is 0.395. The second-order valence-corrected chi connectivity index (χ2v) is 8.94. The minimum Gasteiger partial charge on any atom is -0.298 e. The van der Waals surface area contributed by atoms with Crippen molar-refractivity contribution in [3.05, 3.63) is 82.0 Å². The van der Waals surface area contributed by atoms with Crippen molar-refractivity contribution < 1.29 is 0 Å². The number of likely N-dealkylation sites (tertiary alicyclic amines) is 1. The van der Waals surface area contributed by atoms with Crippen LogP contribution in [0, 0.1) is 6.92 Å². The van der Waals surface area contributed by atoms with Gasteiger partial charge in [-0.3, -0.25) is 9.88 Å². The number of benzene rings is 1. The molecule has 1 saturated heterocycles. The summed E-state index contributed by atoms with van der Waals surface area (Å²) >= 11 is 12.3.